The molecule has 13 aromatic rings. The van der Waals surface area contributed by atoms with Gasteiger partial charge in [0, 0.05) is 37.9 Å². The van der Waals surface area contributed by atoms with E-state index in [9.17, 15) is 0 Å². The second-order valence-electron chi connectivity index (χ2n) is 17.0. The van der Waals surface area contributed by atoms with Gasteiger partial charge >= 0.3 is 0 Å². The van der Waals surface area contributed by atoms with E-state index in [-0.39, 0.29) is 0 Å². The number of rotatable bonds is 3. The minimum atomic E-state index is -0.510. The second-order valence-corrected chi connectivity index (χ2v) is 17.0. The first-order valence-electron chi connectivity index (χ1n) is 21.8. The summed E-state index contributed by atoms with van der Waals surface area (Å²) in [4.78, 5) is 16.5. The summed E-state index contributed by atoms with van der Waals surface area (Å²) < 4.78 is 11.2. The maximum Gasteiger partial charge on any atom is 0.240 e. The molecule has 1 spiro atoms. The van der Waals surface area contributed by atoms with E-state index < -0.39 is 5.41 Å². The Morgan fingerprint density at radius 3 is 1.50 bits per heavy atom. The van der Waals surface area contributed by atoms with Gasteiger partial charge in [-0.3, -0.25) is 9.13 Å². The van der Waals surface area contributed by atoms with Gasteiger partial charge in [0.2, 0.25) is 11.9 Å². The maximum absolute atomic E-state index is 6.68. The number of fused-ring (bicyclic) bond motifs is 20. The Morgan fingerprint density at radius 2 is 0.828 bits per heavy atom. The third-order valence-electron chi connectivity index (χ3n) is 14.0. The van der Waals surface area contributed by atoms with Crippen molar-refractivity contribution in [3.05, 3.63) is 222 Å². The number of benzene rings is 9. The van der Waals surface area contributed by atoms with Gasteiger partial charge in [-0.25, -0.2) is 0 Å². The van der Waals surface area contributed by atoms with E-state index in [2.05, 4.69) is 197 Å². The lowest BCUT2D eigenvalue weighted by molar-refractivity contribution is 0.669. The fourth-order valence-electron chi connectivity index (χ4n) is 11.6. The first-order valence-corrected chi connectivity index (χ1v) is 21.8. The van der Waals surface area contributed by atoms with Crippen molar-refractivity contribution >= 4 is 65.6 Å². The third kappa shape index (κ3) is 4.17. The topological polar surface area (TPSA) is 61.7 Å². The molecule has 0 fully saturated rings. The van der Waals surface area contributed by atoms with Crippen LogP contribution in [-0.2, 0) is 5.41 Å². The Bertz CT molecular complexity index is 4070. The Balaban J connectivity index is 1.10. The highest BCUT2D eigenvalue weighted by Crippen LogP contribution is 2.64. The van der Waals surface area contributed by atoms with Crippen LogP contribution in [0.2, 0.25) is 0 Å². The van der Waals surface area contributed by atoms with Crippen molar-refractivity contribution in [2.45, 2.75) is 5.41 Å². The molecule has 0 bridgehead atoms. The molecule has 0 unspecified atom stereocenters. The quantitative estimate of drug-likeness (QED) is 0.178. The highest BCUT2D eigenvalue weighted by Gasteiger charge is 2.52. The largest absolute Gasteiger partial charge is 0.455 e. The zero-order valence-electron chi connectivity index (χ0n) is 34.2. The summed E-state index contributed by atoms with van der Waals surface area (Å²) >= 11 is 0. The molecular formula is C58H33N5O. The molecule has 0 saturated heterocycles. The number of aromatic nitrogens is 5. The van der Waals surface area contributed by atoms with Gasteiger partial charge in [-0.15, -0.1) is 0 Å². The molecule has 2 aliphatic rings. The minimum Gasteiger partial charge on any atom is -0.455 e. The van der Waals surface area contributed by atoms with Crippen molar-refractivity contribution in [3.63, 3.8) is 0 Å². The van der Waals surface area contributed by atoms with Crippen molar-refractivity contribution in [2.24, 2.45) is 0 Å². The summed E-state index contributed by atoms with van der Waals surface area (Å²) in [5, 5.41) is 6.61. The van der Waals surface area contributed by atoms with Crippen LogP contribution in [0.4, 0.5) is 0 Å². The molecule has 6 heteroatoms. The van der Waals surface area contributed by atoms with Crippen LogP contribution in [-0.4, -0.2) is 24.1 Å². The lowest BCUT2D eigenvalue weighted by atomic mass is 9.70. The predicted octanol–water partition coefficient (Wildman–Crippen LogP) is 14.0. The van der Waals surface area contributed by atoms with Gasteiger partial charge in [0.25, 0.3) is 0 Å². The maximum atomic E-state index is 6.68. The monoisotopic (exact) mass is 815 g/mol. The zero-order chi connectivity index (χ0) is 41.7. The first kappa shape index (κ1) is 34.0. The highest BCUT2D eigenvalue weighted by atomic mass is 16.3. The van der Waals surface area contributed by atoms with E-state index in [0.29, 0.717) is 17.7 Å². The SMILES string of the molecule is c1ccc2c(c1)-c1ccccc1C21c2ccccc2-c2c1ccc1c3ccccc3n(-c3nc(-c4cccc5c4oc4ccccc45)nc(-n4c5ccccc5c5ccccc54)n3)c21. The highest BCUT2D eigenvalue weighted by molar-refractivity contribution is 6.17. The van der Waals surface area contributed by atoms with Gasteiger partial charge < -0.3 is 4.42 Å². The lowest BCUT2D eigenvalue weighted by Gasteiger charge is -2.30. The Labute approximate surface area is 366 Å². The van der Waals surface area contributed by atoms with Crippen molar-refractivity contribution in [1.82, 2.24) is 24.1 Å². The van der Waals surface area contributed by atoms with Crippen LogP contribution in [0.25, 0.3) is 111 Å². The first-order chi connectivity index (χ1) is 31.8. The molecule has 9 aromatic carbocycles. The molecule has 0 N–H and O–H groups in total. The van der Waals surface area contributed by atoms with Crippen LogP contribution >= 0.6 is 0 Å². The number of hydrogen-bond donors (Lipinski definition) is 0. The number of nitrogens with zero attached hydrogens (tertiary/aromatic N) is 5. The summed E-state index contributed by atoms with van der Waals surface area (Å²) in [5.74, 6) is 1.58. The van der Waals surface area contributed by atoms with E-state index in [4.69, 9.17) is 19.4 Å². The van der Waals surface area contributed by atoms with Crippen molar-refractivity contribution in [3.8, 4) is 45.5 Å². The molecule has 0 aliphatic heterocycles. The molecule has 296 valence electrons. The van der Waals surface area contributed by atoms with Gasteiger partial charge in [-0.05, 0) is 69.3 Å². The second kappa shape index (κ2) is 12.3. The van der Waals surface area contributed by atoms with Gasteiger partial charge in [-0.2, -0.15) is 15.0 Å². The number of furan rings is 1. The van der Waals surface area contributed by atoms with Gasteiger partial charge in [0.15, 0.2) is 5.82 Å². The molecule has 4 heterocycles. The van der Waals surface area contributed by atoms with Crippen molar-refractivity contribution in [2.75, 3.05) is 0 Å². The number of para-hydroxylation sites is 5. The average Bonchev–Trinajstić information content (AvgIpc) is 4.15. The summed E-state index contributed by atoms with van der Waals surface area (Å²) in [5.41, 5.74) is 16.1. The molecular weight excluding hydrogens is 783 g/mol. The van der Waals surface area contributed by atoms with Crippen LogP contribution in [0.3, 0.4) is 0 Å². The van der Waals surface area contributed by atoms with E-state index in [1.165, 1.54) is 44.5 Å². The summed E-state index contributed by atoms with van der Waals surface area (Å²) in [6, 6.07) is 71.8. The minimum absolute atomic E-state index is 0.510. The molecule has 6 nitrogen and oxygen atoms in total. The molecule has 0 saturated carbocycles. The van der Waals surface area contributed by atoms with E-state index in [1.807, 2.05) is 12.1 Å². The Hall–Kier alpha value is -8.61. The van der Waals surface area contributed by atoms with Gasteiger partial charge in [0.05, 0.1) is 33.0 Å². The van der Waals surface area contributed by atoms with E-state index >= 15 is 0 Å². The fourth-order valence-corrected chi connectivity index (χ4v) is 11.6. The Kier molecular flexibility index (Phi) is 6.53. The molecule has 0 amide bonds. The molecule has 64 heavy (non-hydrogen) atoms. The van der Waals surface area contributed by atoms with Crippen LogP contribution in [0.15, 0.2) is 205 Å². The van der Waals surface area contributed by atoms with Crippen molar-refractivity contribution in [1.29, 1.82) is 0 Å². The van der Waals surface area contributed by atoms with Crippen LogP contribution in [0, 0.1) is 0 Å². The van der Waals surface area contributed by atoms with Gasteiger partial charge in [-0.1, -0.05) is 170 Å². The molecule has 15 rings (SSSR count). The summed E-state index contributed by atoms with van der Waals surface area (Å²) in [6.45, 7) is 0. The fraction of sp³-hybridized carbons (Fsp3) is 0.0172. The normalized spacial score (nSPS) is 13.4. The van der Waals surface area contributed by atoms with Gasteiger partial charge in [0.1, 0.15) is 11.2 Å². The zero-order valence-corrected chi connectivity index (χ0v) is 34.2. The van der Waals surface area contributed by atoms with Crippen LogP contribution < -0.4 is 0 Å². The number of hydrogen-bond acceptors (Lipinski definition) is 4. The summed E-state index contributed by atoms with van der Waals surface area (Å²) in [7, 11) is 0. The smallest absolute Gasteiger partial charge is 0.240 e. The Morgan fingerprint density at radius 1 is 0.344 bits per heavy atom. The predicted molar refractivity (Wildman–Crippen MR) is 258 cm³/mol. The average molecular weight is 816 g/mol. The lowest BCUT2D eigenvalue weighted by Crippen LogP contribution is -2.25. The molecule has 0 radical (unpaired) electrons. The third-order valence-corrected chi connectivity index (χ3v) is 14.0. The molecule has 0 atom stereocenters. The van der Waals surface area contributed by atoms with Crippen LogP contribution in [0.5, 0.6) is 0 Å². The standard InChI is InChI=1S/C58H33N5O/c1-8-25-44-34(16-1)35-17-2-9-26-45(35)58(44)46-27-10-3-22-42(46)52-47(58)33-32-40-38-20-6-13-30-50(38)63(53(40)52)57-60-55(43-24-15-23-41-39-21-7-14-31-51(39)64-54(41)43)59-56(61-57)62-48-28-11-4-18-36(48)37-19-5-12-29-49(37)62/h1-33H. The molecule has 2 aliphatic carbocycles. The van der Waals surface area contributed by atoms with Crippen molar-refractivity contribution < 1.29 is 4.42 Å². The molecule has 4 aromatic heterocycles. The van der Waals surface area contributed by atoms with E-state index in [1.54, 1.807) is 0 Å². The van der Waals surface area contributed by atoms with E-state index in [0.717, 1.165) is 71.1 Å². The summed E-state index contributed by atoms with van der Waals surface area (Å²) in [6.07, 6.45) is 0. The van der Waals surface area contributed by atoms with Crippen LogP contribution in [0.1, 0.15) is 22.3 Å².